The SMILES string of the molecule is [B]C(CCC(=O)O)(C(N)=O)N1Cc2c(OCc3cc(OC)ccc3F)cccc2C1=O. The number of halogens is 1. The number of carbonyl (C=O) groups excluding carboxylic acids is 2. The smallest absolute Gasteiger partial charge is 0.303 e. The van der Waals surface area contributed by atoms with Gasteiger partial charge in [-0.05, 0) is 36.8 Å². The van der Waals surface area contributed by atoms with Gasteiger partial charge in [-0.25, -0.2) is 4.39 Å². The quantitative estimate of drug-likeness (QED) is 0.588. The van der Waals surface area contributed by atoms with Crippen molar-refractivity contribution in [3.05, 3.63) is 58.9 Å². The van der Waals surface area contributed by atoms with Crippen LogP contribution < -0.4 is 15.2 Å². The van der Waals surface area contributed by atoms with Crippen molar-refractivity contribution in [3.63, 3.8) is 0 Å². The Morgan fingerprint density at radius 2 is 2.06 bits per heavy atom. The Labute approximate surface area is 179 Å². The Balaban J connectivity index is 1.86. The third-order valence-corrected chi connectivity index (χ3v) is 5.19. The van der Waals surface area contributed by atoms with Gasteiger partial charge < -0.3 is 25.2 Å². The summed E-state index contributed by atoms with van der Waals surface area (Å²) in [7, 11) is 7.56. The molecule has 0 saturated carbocycles. The number of fused-ring (bicyclic) bond motifs is 1. The highest BCUT2D eigenvalue weighted by Crippen LogP contribution is 2.36. The Hall–Kier alpha value is -3.56. The molecule has 2 aromatic carbocycles. The van der Waals surface area contributed by atoms with Crippen molar-refractivity contribution in [2.45, 2.75) is 31.4 Å². The van der Waals surface area contributed by atoms with E-state index in [1.807, 2.05) is 0 Å². The lowest BCUT2D eigenvalue weighted by atomic mass is 9.72. The van der Waals surface area contributed by atoms with Gasteiger partial charge in [-0.1, -0.05) is 6.07 Å². The lowest BCUT2D eigenvalue weighted by molar-refractivity contribution is -0.137. The molecule has 0 aromatic heterocycles. The molecular formula is C21H20BFN2O6. The van der Waals surface area contributed by atoms with E-state index in [-0.39, 0.29) is 30.7 Å². The first-order valence-corrected chi connectivity index (χ1v) is 9.37. The van der Waals surface area contributed by atoms with Crippen LogP contribution in [0.1, 0.15) is 34.3 Å². The molecular weight excluding hydrogens is 406 g/mol. The summed E-state index contributed by atoms with van der Waals surface area (Å²) in [6.45, 7) is -0.236. The number of amides is 2. The Kier molecular flexibility index (Phi) is 6.19. The van der Waals surface area contributed by atoms with Gasteiger partial charge in [-0.15, -0.1) is 0 Å². The number of primary amides is 1. The minimum atomic E-state index is -1.98. The van der Waals surface area contributed by atoms with Crippen LogP contribution >= 0.6 is 0 Å². The van der Waals surface area contributed by atoms with Crippen molar-refractivity contribution >= 4 is 25.6 Å². The molecule has 1 heterocycles. The van der Waals surface area contributed by atoms with Crippen LogP contribution in [0.5, 0.6) is 11.5 Å². The summed E-state index contributed by atoms with van der Waals surface area (Å²) in [6, 6.07) is 8.97. The van der Waals surface area contributed by atoms with Crippen LogP contribution in [0.25, 0.3) is 0 Å². The molecule has 1 aliphatic rings. The molecule has 2 aromatic rings. The summed E-state index contributed by atoms with van der Waals surface area (Å²) in [5.41, 5.74) is 4.38. The molecule has 0 saturated heterocycles. The van der Waals surface area contributed by atoms with E-state index >= 15 is 0 Å². The zero-order chi connectivity index (χ0) is 22.8. The summed E-state index contributed by atoms with van der Waals surface area (Å²) < 4.78 is 24.9. The first-order chi connectivity index (χ1) is 14.7. The maximum Gasteiger partial charge on any atom is 0.303 e. The summed E-state index contributed by atoms with van der Waals surface area (Å²) >= 11 is 0. The minimum absolute atomic E-state index is 0.107. The number of hydrogen-bond acceptors (Lipinski definition) is 5. The van der Waals surface area contributed by atoms with Gasteiger partial charge in [0.15, 0.2) is 0 Å². The fourth-order valence-electron chi connectivity index (χ4n) is 3.39. The molecule has 3 N–H and O–H groups in total. The van der Waals surface area contributed by atoms with Crippen molar-refractivity contribution in [2.24, 2.45) is 5.73 Å². The molecule has 0 fully saturated rings. The first-order valence-electron chi connectivity index (χ1n) is 9.37. The van der Waals surface area contributed by atoms with E-state index in [0.717, 1.165) is 4.90 Å². The first kappa shape index (κ1) is 22.1. The number of ether oxygens (including phenoxy) is 2. The van der Waals surface area contributed by atoms with E-state index in [2.05, 4.69) is 0 Å². The van der Waals surface area contributed by atoms with Crippen molar-refractivity contribution in [3.8, 4) is 11.5 Å². The minimum Gasteiger partial charge on any atom is -0.497 e. The van der Waals surface area contributed by atoms with Crippen LogP contribution in [-0.4, -0.2) is 48.2 Å². The Morgan fingerprint density at radius 3 is 2.71 bits per heavy atom. The predicted molar refractivity (Wildman–Crippen MR) is 108 cm³/mol. The van der Waals surface area contributed by atoms with Crippen LogP contribution in [0.2, 0.25) is 0 Å². The molecule has 1 atom stereocenters. The highest BCUT2D eigenvalue weighted by atomic mass is 19.1. The molecule has 2 radical (unpaired) electrons. The number of aliphatic carboxylic acids is 1. The highest BCUT2D eigenvalue weighted by molar-refractivity contribution is 6.30. The highest BCUT2D eigenvalue weighted by Gasteiger charge is 2.45. The van der Waals surface area contributed by atoms with E-state index in [1.165, 1.54) is 31.4 Å². The monoisotopic (exact) mass is 426 g/mol. The lowest BCUT2D eigenvalue weighted by Crippen LogP contribution is -2.58. The number of rotatable bonds is 9. The predicted octanol–water partition coefficient (Wildman–Crippen LogP) is 1.58. The van der Waals surface area contributed by atoms with Gasteiger partial charge in [0.1, 0.15) is 31.8 Å². The molecule has 0 spiro atoms. The fraction of sp³-hybridized carbons (Fsp3) is 0.286. The maximum atomic E-state index is 14.1. The van der Waals surface area contributed by atoms with Gasteiger partial charge in [0.25, 0.3) is 5.91 Å². The van der Waals surface area contributed by atoms with Crippen LogP contribution in [0.15, 0.2) is 36.4 Å². The summed E-state index contributed by atoms with van der Waals surface area (Å²) in [5.74, 6) is -2.47. The van der Waals surface area contributed by atoms with Crippen LogP contribution in [-0.2, 0) is 22.7 Å². The van der Waals surface area contributed by atoms with Crippen molar-refractivity contribution < 1.29 is 33.4 Å². The van der Waals surface area contributed by atoms with Crippen molar-refractivity contribution in [1.29, 1.82) is 0 Å². The lowest BCUT2D eigenvalue weighted by Gasteiger charge is -2.36. The Morgan fingerprint density at radius 1 is 1.32 bits per heavy atom. The van der Waals surface area contributed by atoms with Gasteiger partial charge in [0, 0.05) is 23.1 Å². The summed E-state index contributed by atoms with van der Waals surface area (Å²) in [5, 5.41) is 8.95. The fourth-order valence-corrected chi connectivity index (χ4v) is 3.39. The zero-order valence-electron chi connectivity index (χ0n) is 16.8. The number of carboxylic acids is 1. The van der Waals surface area contributed by atoms with Gasteiger partial charge in [-0.3, -0.25) is 14.4 Å². The van der Waals surface area contributed by atoms with Crippen molar-refractivity contribution in [2.75, 3.05) is 7.11 Å². The van der Waals surface area contributed by atoms with Crippen LogP contribution in [0.4, 0.5) is 4.39 Å². The maximum absolute atomic E-state index is 14.1. The molecule has 1 unspecified atom stereocenters. The second kappa shape index (κ2) is 8.67. The molecule has 160 valence electrons. The zero-order valence-corrected chi connectivity index (χ0v) is 16.8. The van der Waals surface area contributed by atoms with Gasteiger partial charge in [0.2, 0.25) is 5.91 Å². The molecule has 0 aliphatic carbocycles. The average Bonchev–Trinajstić information content (AvgIpc) is 3.09. The van der Waals surface area contributed by atoms with Crippen LogP contribution in [0.3, 0.4) is 0 Å². The summed E-state index contributed by atoms with van der Waals surface area (Å²) in [4.78, 5) is 37.0. The molecule has 0 bridgehead atoms. The third kappa shape index (κ3) is 4.33. The van der Waals surface area contributed by atoms with Gasteiger partial charge in [-0.2, -0.15) is 0 Å². The second-order valence-corrected chi connectivity index (χ2v) is 7.10. The molecule has 1 aliphatic heterocycles. The number of carboxylic acid groups (broad SMARTS) is 1. The van der Waals surface area contributed by atoms with Crippen molar-refractivity contribution in [1.82, 2.24) is 4.90 Å². The van der Waals surface area contributed by atoms with Gasteiger partial charge >= 0.3 is 5.97 Å². The van der Waals surface area contributed by atoms with E-state index in [9.17, 15) is 18.8 Å². The molecule has 31 heavy (non-hydrogen) atoms. The normalized spacial score (nSPS) is 14.6. The number of hydrogen-bond donors (Lipinski definition) is 2. The summed E-state index contributed by atoms with van der Waals surface area (Å²) in [6.07, 6.45) is -0.791. The number of nitrogens with zero attached hydrogens (tertiary/aromatic N) is 1. The molecule has 2 amide bonds. The number of carbonyl (C=O) groups is 3. The van der Waals surface area contributed by atoms with Gasteiger partial charge in [0.05, 0.1) is 19.1 Å². The topological polar surface area (TPSA) is 119 Å². The van der Waals surface area contributed by atoms with Crippen LogP contribution in [0, 0.1) is 5.82 Å². The third-order valence-electron chi connectivity index (χ3n) is 5.19. The van der Waals surface area contributed by atoms with E-state index in [4.69, 9.17) is 28.2 Å². The largest absolute Gasteiger partial charge is 0.497 e. The number of methoxy groups -OCH3 is 1. The van der Waals surface area contributed by atoms with E-state index < -0.39 is 35.5 Å². The number of nitrogens with two attached hydrogens (primary N) is 1. The Bertz CT molecular complexity index is 1050. The molecule has 8 nitrogen and oxygen atoms in total. The second-order valence-electron chi connectivity index (χ2n) is 7.10. The standard InChI is InChI=1S/C21H20BFN2O6/c1-30-13-5-6-16(23)12(9-13)11-31-17-4-2-3-14-15(17)10-25(19(14)28)21(22,20(24)29)8-7-18(26)27/h2-6,9H,7-8,10-11H2,1H3,(H2,24,29)(H,26,27). The number of benzene rings is 2. The van der Waals surface area contributed by atoms with E-state index in [1.54, 1.807) is 12.1 Å². The van der Waals surface area contributed by atoms with E-state index in [0.29, 0.717) is 17.1 Å². The average molecular weight is 426 g/mol. The molecule has 3 rings (SSSR count). The molecule has 10 heteroatoms.